The maximum atomic E-state index is 13.5. The van der Waals surface area contributed by atoms with Gasteiger partial charge in [-0.3, -0.25) is 14.5 Å². The SMILES string of the molecule is CCCCCCCCN1C(=O)C(c2ccc(F)cc2)=C(N(CC)c2ccccc2)C1=O. The summed E-state index contributed by atoms with van der Waals surface area (Å²) in [5.74, 6) is -0.944. The van der Waals surface area contributed by atoms with E-state index in [1.165, 1.54) is 36.3 Å². The van der Waals surface area contributed by atoms with Crippen molar-refractivity contribution in [1.29, 1.82) is 0 Å². The van der Waals surface area contributed by atoms with E-state index in [0.29, 0.717) is 29.9 Å². The van der Waals surface area contributed by atoms with Crippen molar-refractivity contribution < 1.29 is 14.0 Å². The number of likely N-dealkylation sites (N-methyl/N-ethyl adjacent to an activating group) is 1. The number of benzene rings is 2. The van der Waals surface area contributed by atoms with E-state index in [1.54, 1.807) is 12.1 Å². The molecule has 31 heavy (non-hydrogen) atoms. The van der Waals surface area contributed by atoms with Crippen LogP contribution in [0.15, 0.2) is 60.3 Å². The molecule has 0 fully saturated rings. The molecular weight excluding hydrogens is 391 g/mol. The van der Waals surface area contributed by atoms with Crippen molar-refractivity contribution in [3.8, 4) is 0 Å². The summed E-state index contributed by atoms with van der Waals surface area (Å²) < 4.78 is 13.5. The predicted molar refractivity (Wildman–Crippen MR) is 123 cm³/mol. The number of halogens is 1. The van der Waals surface area contributed by atoms with Crippen molar-refractivity contribution in [1.82, 2.24) is 4.90 Å². The van der Waals surface area contributed by atoms with E-state index in [1.807, 2.05) is 42.2 Å². The summed E-state index contributed by atoms with van der Waals surface area (Å²) in [7, 11) is 0. The molecule has 2 aromatic rings. The van der Waals surface area contributed by atoms with Crippen LogP contribution < -0.4 is 4.90 Å². The second-order valence-electron chi connectivity index (χ2n) is 7.84. The molecular formula is C26H31FN2O2. The van der Waals surface area contributed by atoms with Gasteiger partial charge in [-0.25, -0.2) is 4.39 Å². The number of carbonyl (C=O) groups excluding carboxylic acids is 2. The number of unbranched alkanes of at least 4 members (excludes halogenated alkanes) is 5. The average Bonchev–Trinajstić information content (AvgIpc) is 3.03. The molecule has 0 N–H and O–H groups in total. The molecule has 2 aromatic carbocycles. The molecule has 0 saturated heterocycles. The van der Waals surface area contributed by atoms with Gasteiger partial charge in [0.2, 0.25) is 0 Å². The Kier molecular flexibility index (Phi) is 7.99. The van der Waals surface area contributed by atoms with E-state index in [9.17, 15) is 14.0 Å². The van der Waals surface area contributed by atoms with Crippen LogP contribution in [0.3, 0.4) is 0 Å². The summed E-state index contributed by atoms with van der Waals surface area (Å²) in [6.45, 7) is 5.08. The Hall–Kier alpha value is -2.95. The summed E-state index contributed by atoms with van der Waals surface area (Å²) in [4.78, 5) is 30.0. The van der Waals surface area contributed by atoms with Gasteiger partial charge < -0.3 is 4.90 Å². The quantitative estimate of drug-likeness (QED) is 0.340. The van der Waals surface area contributed by atoms with Gasteiger partial charge >= 0.3 is 0 Å². The molecule has 2 amide bonds. The van der Waals surface area contributed by atoms with E-state index in [-0.39, 0.29) is 17.6 Å². The van der Waals surface area contributed by atoms with E-state index in [4.69, 9.17) is 0 Å². The van der Waals surface area contributed by atoms with Crippen LogP contribution in [0.2, 0.25) is 0 Å². The van der Waals surface area contributed by atoms with Gasteiger partial charge in [0.05, 0.1) is 5.57 Å². The van der Waals surface area contributed by atoms with Crippen molar-refractivity contribution in [3.05, 3.63) is 71.7 Å². The third kappa shape index (κ3) is 5.22. The second-order valence-corrected chi connectivity index (χ2v) is 7.84. The van der Waals surface area contributed by atoms with E-state index < -0.39 is 0 Å². The fourth-order valence-electron chi connectivity index (χ4n) is 4.02. The van der Waals surface area contributed by atoms with Crippen LogP contribution in [-0.4, -0.2) is 29.8 Å². The Morgan fingerprint density at radius 1 is 0.806 bits per heavy atom. The fourth-order valence-corrected chi connectivity index (χ4v) is 4.02. The standard InChI is InChI=1S/C26H31FN2O2/c1-3-5-6-7-8-12-19-29-25(30)23(20-15-17-21(27)18-16-20)24(26(29)31)28(4-2)22-13-10-9-11-14-22/h9-11,13-18H,3-8,12,19H2,1-2H3. The molecule has 1 heterocycles. The Bertz CT molecular complexity index is 922. The molecule has 0 atom stereocenters. The zero-order valence-electron chi connectivity index (χ0n) is 18.4. The average molecular weight is 423 g/mol. The van der Waals surface area contributed by atoms with Crippen LogP contribution in [0.25, 0.3) is 5.57 Å². The van der Waals surface area contributed by atoms with E-state index >= 15 is 0 Å². The molecule has 1 aliphatic rings. The maximum absolute atomic E-state index is 13.5. The summed E-state index contributed by atoms with van der Waals surface area (Å²) in [5, 5.41) is 0. The molecule has 0 radical (unpaired) electrons. The number of nitrogens with zero attached hydrogens (tertiary/aromatic N) is 2. The maximum Gasteiger partial charge on any atom is 0.278 e. The minimum Gasteiger partial charge on any atom is -0.337 e. The van der Waals surface area contributed by atoms with Gasteiger partial charge in [0.25, 0.3) is 11.8 Å². The Balaban J connectivity index is 1.91. The van der Waals surface area contributed by atoms with Crippen LogP contribution in [-0.2, 0) is 9.59 Å². The number of imide groups is 1. The molecule has 0 unspecified atom stereocenters. The zero-order chi connectivity index (χ0) is 22.2. The van der Waals surface area contributed by atoms with Gasteiger partial charge in [-0.2, -0.15) is 0 Å². The predicted octanol–water partition coefficient (Wildman–Crippen LogP) is 5.79. The number of carbonyl (C=O) groups is 2. The molecule has 0 bridgehead atoms. The number of rotatable bonds is 11. The number of para-hydroxylation sites is 1. The van der Waals surface area contributed by atoms with Crippen molar-refractivity contribution >= 4 is 23.1 Å². The van der Waals surface area contributed by atoms with Gasteiger partial charge in [-0.15, -0.1) is 0 Å². The first kappa shape index (κ1) is 22.7. The summed E-state index contributed by atoms with van der Waals surface area (Å²) >= 11 is 0. The Morgan fingerprint density at radius 2 is 1.45 bits per heavy atom. The second kappa shape index (κ2) is 10.9. The number of amides is 2. The highest BCUT2D eigenvalue weighted by Crippen LogP contribution is 2.34. The largest absolute Gasteiger partial charge is 0.337 e. The minimum absolute atomic E-state index is 0.274. The molecule has 4 nitrogen and oxygen atoms in total. The third-order valence-corrected chi connectivity index (χ3v) is 5.67. The monoisotopic (exact) mass is 422 g/mol. The first-order valence-corrected chi connectivity index (χ1v) is 11.3. The molecule has 0 aromatic heterocycles. The van der Waals surface area contributed by atoms with E-state index in [0.717, 1.165) is 24.9 Å². The fraction of sp³-hybridized carbons (Fsp3) is 0.385. The first-order chi connectivity index (χ1) is 15.1. The third-order valence-electron chi connectivity index (χ3n) is 5.67. The van der Waals surface area contributed by atoms with Crippen LogP contribution >= 0.6 is 0 Å². The minimum atomic E-state index is -0.373. The molecule has 0 spiro atoms. The first-order valence-electron chi connectivity index (χ1n) is 11.3. The van der Waals surface area contributed by atoms with Crippen molar-refractivity contribution in [2.24, 2.45) is 0 Å². The van der Waals surface area contributed by atoms with Crippen LogP contribution in [0.1, 0.15) is 57.9 Å². The van der Waals surface area contributed by atoms with Crippen LogP contribution in [0.4, 0.5) is 10.1 Å². The zero-order valence-corrected chi connectivity index (χ0v) is 18.4. The van der Waals surface area contributed by atoms with Gasteiger partial charge in [0, 0.05) is 18.8 Å². The smallest absolute Gasteiger partial charge is 0.278 e. The highest BCUT2D eigenvalue weighted by Gasteiger charge is 2.41. The molecule has 0 aliphatic carbocycles. The van der Waals surface area contributed by atoms with Crippen molar-refractivity contribution in [2.75, 3.05) is 18.0 Å². The van der Waals surface area contributed by atoms with Crippen molar-refractivity contribution in [2.45, 2.75) is 52.4 Å². The molecule has 5 heteroatoms. The Morgan fingerprint density at radius 3 is 2.10 bits per heavy atom. The number of hydrogen-bond acceptors (Lipinski definition) is 3. The summed E-state index contributed by atoms with van der Waals surface area (Å²) in [6.07, 6.45) is 6.48. The Labute approximate surface area is 184 Å². The van der Waals surface area contributed by atoms with Gasteiger partial charge in [0.1, 0.15) is 11.5 Å². The molecule has 164 valence electrons. The lowest BCUT2D eigenvalue weighted by atomic mass is 10.0. The summed E-state index contributed by atoms with van der Waals surface area (Å²) in [5.41, 5.74) is 2.13. The molecule has 0 saturated carbocycles. The highest BCUT2D eigenvalue weighted by atomic mass is 19.1. The molecule has 3 rings (SSSR count). The van der Waals surface area contributed by atoms with Gasteiger partial charge in [-0.1, -0.05) is 69.4 Å². The van der Waals surface area contributed by atoms with Crippen LogP contribution in [0, 0.1) is 5.82 Å². The summed E-state index contributed by atoms with van der Waals surface area (Å²) in [6, 6.07) is 15.4. The highest BCUT2D eigenvalue weighted by molar-refractivity contribution is 6.36. The normalized spacial score (nSPS) is 14.0. The lowest BCUT2D eigenvalue weighted by molar-refractivity contribution is -0.137. The topological polar surface area (TPSA) is 40.6 Å². The van der Waals surface area contributed by atoms with Crippen molar-refractivity contribution in [3.63, 3.8) is 0 Å². The lowest BCUT2D eigenvalue weighted by Crippen LogP contribution is -2.36. The van der Waals surface area contributed by atoms with Gasteiger partial charge in [0.15, 0.2) is 0 Å². The van der Waals surface area contributed by atoms with Gasteiger partial charge in [-0.05, 0) is 43.2 Å². The van der Waals surface area contributed by atoms with Crippen LogP contribution in [0.5, 0.6) is 0 Å². The lowest BCUT2D eigenvalue weighted by Gasteiger charge is -2.25. The number of anilines is 1. The number of hydrogen-bond donors (Lipinski definition) is 0. The molecule has 1 aliphatic heterocycles. The van der Waals surface area contributed by atoms with E-state index in [2.05, 4.69) is 6.92 Å².